The van der Waals surface area contributed by atoms with Gasteiger partial charge in [-0.25, -0.2) is 0 Å². The first-order valence-electron chi connectivity index (χ1n) is 7.15. The minimum absolute atomic E-state index is 0.0206. The summed E-state index contributed by atoms with van der Waals surface area (Å²) in [4.78, 5) is 12.7. The quantitative estimate of drug-likeness (QED) is 0.656. The van der Waals surface area contributed by atoms with Crippen LogP contribution in [0.5, 0.6) is 0 Å². The monoisotopic (exact) mass is 259 g/mol. The van der Waals surface area contributed by atoms with E-state index in [1.54, 1.807) is 0 Å². The highest BCUT2D eigenvalue weighted by Gasteiger charge is 2.44. The van der Waals surface area contributed by atoms with Crippen LogP contribution in [0.1, 0.15) is 48.0 Å². The number of nitrogen functional groups attached to an aromatic ring is 1. The lowest BCUT2D eigenvalue weighted by Gasteiger charge is -2.46. The Hall–Kier alpha value is -1.35. The number of ketones is 1. The van der Waals surface area contributed by atoms with Crippen molar-refractivity contribution in [2.75, 3.05) is 12.3 Å². The van der Waals surface area contributed by atoms with E-state index in [9.17, 15) is 4.79 Å². The number of nitrogens with two attached hydrogens (primary N) is 1. The first kappa shape index (κ1) is 12.7. The predicted octanol–water partition coefficient (Wildman–Crippen LogP) is 3.11. The van der Waals surface area contributed by atoms with E-state index in [-0.39, 0.29) is 17.3 Å². The Morgan fingerprint density at radius 3 is 2.89 bits per heavy atom. The van der Waals surface area contributed by atoms with Crippen molar-refractivity contribution in [1.29, 1.82) is 0 Å². The second-order valence-corrected chi connectivity index (χ2v) is 5.96. The average Bonchev–Trinajstić information content (AvgIpc) is 2.39. The SMILES string of the molecule is Cc1c(N)cccc1C(=O)C1CCOC2(CCC2)C1. The van der Waals surface area contributed by atoms with Crippen molar-refractivity contribution in [3.63, 3.8) is 0 Å². The van der Waals surface area contributed by atoms with Crippen molar-refractivity contribution in [3.05, 3.63) is 29.3 Å². The number of rotatable bonds is 2. The van der Waals surface area contributed by atoms with E-state index >= 15 is 0 Å². The number of ether oxygens (including phenoxy) is 1. The van der Waals surface area contributed by atoms with E-state index in [1.807, 2.05) is 25.1 Å². The molecular formula is C16H21NO2. The lowest BCUT2D eigenvalue weighted by atomic mass is 9.70. The van der Waals surface area contributed by atoms with Gasteiger partial charge in [0.15, 0.2) is 5.78 Å². The molecule has 1 saturated carbocycles. The molecule has 0 bridgehead atoms. The van der Waals surface area contributed by atoms with Crippen molar-refractivity contribution >= 4 is 11.5 Å². The Bertz CT molecular complexity index is 505. The van der Waals surface area contributed by atoms with Gasteiger partial charge in [-0.2, -0.15) is 0 Å². The standard InChI is InChI=1S/C16H21NO2/c1-11-13(4-2-5-14(11)17)15(18)12-6-9-19-16(10-12)7-3-8-16/h2,4-5,12H,3,6-10,17H2,1H3. The molecule has 0 radical (unpaired) electrons. The van der Waals surface area contributed by atoms with Crippen LogP contribution >= 0.6 is 0 Å². The van der Waals surface area contributed by atoms with Gasteiger partial charge in [-0.15, -0.1) is 0 Å². The molecule has 0 aromatic heterocycles. The average molecular weight is 259 g/mol. The van der Waals surface area contributed by atoms with Gasteiger partial charge in [0.05, 0.1) is 5.60 Å². The summed E-state index contributed by atoms with van der Waals surface area (Å²) < 4.78 is 5.89. The summed E-state index contributed by atoms with van der Waals surface area (Å²) in [5.74, 6) is 0.355. The lowest BCUT2D eigenvalue weighted by Crippen LogP contribution is -2.47. The molecule has 3 rings (SSSR count). The second-order valence-electron chi connectivity index (χ2n) is 5.96. The van der Waals surface area contributed by atoms with Gasteiger partial charge in [-0.05, 0) is 50.7 Å². The summed E-state index contributed by atoms with van der Waals surface area (Å²) in [5, 5.41) is 0. The Balaban J connectivity index is 1.81. The number of carbonyl (C=O) groups is 1. The van der Waals surface area contributed by atoms with E-state index in [2.05, 4.69) is 0 Å². The minimum atomic E-state index is 0.0206. The van der Waals surface area contributed by atoms with Crippen LogP contribution in [0, 0.1) is 12.8 Å². The number of benzene rings is 1. The van der Waals surface area contributed by atoms with Gasteiger partial charge < -0.3 is 10.5 Å². The molecule has 1 aliphatic heterocycles. The first-order valence-corrected chi connectivity index (χ1v) is 7.15. The largest absolute Gasteiger partial charge is 0.398 e. The summed E-state index contributed by atoms with van der Waals surface area (Å²) in [7, 11) is 0. The Labute approximate surface area is 114 Å². The number of hydrogen-bond donors (Lipinski definition) is 1. The molecule has 2 N–H and O–H groups in total. The molecular weight excluding hydrogens is 238 g/mol. The summed E-state index contributed by atoms with van der Waals surface area (Å²) in [6.45, 7) is 2.65. The third-order valence-corrected chi connectivity index (χ3v) is 4.77. The van der Waals surface area contributed by atoms with E-state index in [4.69, 9.17) is 10.5 Å². The zero-order chi connectivity index (χ0) is 13.5. The zero-order valence-corrected chi connectivity index (χ0v) is 11.4. The van der Waals surface area contributed by atoms with E-state index in [0.29, 0.717) is 5.69 Å². The van der Waals surface area contributed by atoms with Gasteiger partial charge in [-0.3, -0.25) is 4.79 Å². The highest BCUT2D eigenvalue weighted by Crippen LogP contribution is 2.45. The van der Waals surface area contributed by atoms with Crippen molar-refractivity contribution < 1.29 is 9.53 Å². The first-order chi connectivity index (χ1) is 9.11. The normalized spacial score (nSPS) is 25.0. The number of hydrogen-bond acceptors (Lipinski definition) is 3. The van der Waals surface area contributed by atoms with Gasteiger partial charge in [0.2, 0.25) is 0 Å². The van der Waals surface area contributed by atoms with Gasteiger partial charge in [0.1, 0.15) is 0 Å². The number of anilines is 1. The molecule has 2 fully saturated rings. The smallest absolute Gasteiger partial charge is 0.166 e. The number of carbonyl (C=O) groups excluding carboxylic acids is 1. The van der Waals surface area contributed by atoms with E-state index in [1.165, 1.54) is 6.42 Å². The van der Waals surface area contributed by atoms with Crippen LogP contribution in [0.2, 0.25) is 0 Å². The maximum atomic E-state index is 12.7. The third-order valence-electron chi connectivity index (χ3n) is 4.77. The van der Waals surface area contributed by atoms with Crippen molar-refractivity contribution in [3.8, 4) is 0 Å². The van der Waals surface area contributed by atoms with Crippen LogP contribution in [-0.4, -0.2) is 18.0 Å². The van der Waals surface area contributed by atoms with Crippen molar-refractivity contribution in [2.45, 2.75) is 44.6 Å². The number of Topliss-reactive ketones (excluding diaryl/α,β-unsaturated/α-hetero) is 1. The minimum Gasteiger partial charge on any atom is -0.398 e. The van der Waals surface area contributed by atoms with E-state index < -0.39 is 0 Å². The van der Waals surface area contributed by atoms with Crippen LogP contribution < -0.4 is 5.73 Å². The molecule has 3 nitrogen and oxygen atoms in total. The molecule has 0 amide bonds. The molecule has 3 heteroatoms. The maximum Gasteiger partial charge on any atom is 0.166 e. The molecule has 1 saturated heterocycles. The molecule has 102 valence electrons. The van der Waals surface area contributed by atoms with Crippen LogP contribution in [-0.2, 0) is 4.74 Å². The summed E-state index contributed by atoms with van der Waals surface area (Å²) in [6.07, 6.45) is 5.20. The zero-order valence-electron chi connectivity index (χ0n) is 11.4. The maximum absolute atomic E-state index is 12.7. The molecule has 1 heterocycles. The Morgan fingerprint density at radius 1 is 1.42 bits per heavy atom. The van der Waals surface area contributed by atoms with Gasteiger partial charge in [0.25, 0.3) is 0 Å². The Morgan fingerprint density at radius 2 is 2.21 bits per heavy atom. The fourth-order valence-electron chi connectivity index (χ4n) is 3.31. The summed E-state index contributed by atoms with van der Waals surface area (Å²) in [6, 6.07) is 5.62. The third kappa shape index (κ3) is 2.16. The predicted molar refractivity (Wildman–Crippen MR) is 75.2 cm³/mol. The van der Waals surface area contributed by atoms with Gasteiger partial charge in [-0.1, -0.05) is 12.1 Å². The summed E-state index contributed by atoms with van der Waals surface area (Å²) in [5.41, 5.74) is 8.34. The molecule has 1 unspecified atom stereocenters. The van der Waals surface area contributed by atoms with Crippen LogP contribution in [0.15, 0.2) is 18.2 Å². The van der Waals surface area contributed by atoms with E-state index in [0.717, 1.165) is 43.4 Å². The molecule has 19 heavy (non-hydrogen) atoms. The van der Waals surface area contributed by atoms with Crippen molar-refractivity contribution in [1.82, 2.24) is 0 Å². The molecule has 1 spiro atoms. The van der Waals surface area contributed by atoms with Crippen LogP contribution in [0.4, 0.5) is 5.69 Å². The highest BCUT2D eigenvalue weighted by atomic mass is 16.5. The highest BCUT2D eigenvalue weighted by molar-refractivity contribution is 6.00. The molecule has 2 aliphatic rings. The second kappa shape index (κ2) is 4.64. The molecule has 1 aromatic rings. The fraction of sp³-hybridized carbons (Fsp3) is 0.562. The molecule has 1 aromatic carbocycles. The summed E-state index contributed by atoms with van der Waals surface area (Å²) >= 11 is 0. The molecule has 1 atom stereocenters. The van der Waals surface area contributed by atoms with Gasteiger partial charge in [0, 0.05) is 23.8 Å². The molecule has 1 aliphatic carbocycles. The topological polar surface area (TPSA) is 52.3 Å². The van der Waals surface area contributed by atoms with Gasteiger partial charge >= 0.3 is 0 Å². The fourth-order valence-corrected chi connectivity index (χ4v) is 3.31. The van der Waals surface area contributed by atoms with Crippen LogP contribution in [0.3, 0.4) is 0 Å². The van der Waals surface area contributed by atoms with Crippen LogP contribution in [0.25, 0.3) is 0 Å². The Kier molecular flexibility index (Phi) is 3.09. The lowest BCUT2D eigenvalue weighted by molar-refractivity contribution is -0.137. The van der Waals surface area contributed by atoms with Crippen molar-refractivity contribution in [2.24, 2.45) is 5.92 Å².